The molecule has 0 N–H and O–H groups in total. The Balaban J connectivity index is 0.000000291. The molecule has 0 spiro atoms. The van der Waals surface area contributed by atoms with E-state index in [0.29, 0.717) is 11.3 Å². The Morgan fingerprint density at radius 1 is 0.760 bits per heavy atom. The number of alkyl halides is 3. The SMILES string of the molecule is CC1=CC(C)(C)c2cc3[cH-]c4cc5c(cc4c3cc21)C(C)=CC5(C)C.CC1=[C-]C(C)C=C1C(C)(C)C.FC(F)(F)c1cc[c-]cc1.[CH2]=[Zr+2].[Cl-].[Cl-]. The molecule has 3 aliphatic rings. The molecule has 0 nitrogen and oxygen atoms in total. The van der Waals surface area contributed by atoms with Crippen molar-refractivity contribution in [1.29, 1.82) is 0 Å². The Labute approximate surface area is 325 Å². The van der Waals surface area contributed by atoms with E-state index in [1.165, 1.54) is 102 Å². The summed E-state index contributed by atoms with van der Waals surface area (Å²) in [5.41, 5.74) is 11.4. The van der Waals surface area contributed by atoms with E-state index < -0.39 is 11.7 Å². The minimum Gasteiger partial charge on any atom is -1.00 e. The van der Waals surface area contributed by atoms with Crippen LogP contribution in [0, 0.1) is 23.5 Å². The molecule has 0 heterocycles. The molecule has 0 saturated heterocycles. The van der Waals surface area contributed by atoms with Gasteiger partial charge in [-0.2, -0.15) is 55.2 Å². The minimum atomic E-state index is -4.23. The Hall–Kier alpha value is -2.39. The number of halogens is 5. The van der Waals surface area contributed by atoms with Crippen LogP contribution in [0.15, 0.2) is 84.0 Å². The summed E-state index contributed by atoms with van der Waals surface area (Å²) in [4.78, 5) is 0. The predicted molar refractivity (Wildman–Crippen MR) is 197 cm³/mol. The molecular weight excluding hydrogens is 748 g/mol. The molecule has 1 atom stereocenters. The fourth-order valence-electron chi connectivity index (χ4n) is 7.44. The monoisotopic (exact) mass is 793 g/mol. The molecule has 0 aliphatic heterocycles. The van der Waals surface area contributed by atoms with Crippen molar-refractivity contribution in [3.05, 3.63) is 124 Å². The fraction of sp³-hybridized carbons (Fsp3) is 0.364. The second-order valence-electron chi connectivity index (χ2n) is 15.4. The Bertz CT molecular complexity index is 1870. The van der Waals surface area contributed by atoms with E-state index in [1.54, 1.807) is 0 Å². The van der Waals surface area contributed by atoms with Crippen molar-refractivity contribution in [3.8, 4) is 0 Å². The summed E-state index contributed by atoms with van der Waals surface area (Å²) in [6, 6.07) is 19.1. The first-order valence-corrected chi connectivity index (χ1v) is 18.3. The topological polar surface area (TPSA) is 0 Å². The largest absolute Gasteiger partial charge is 1.00 e. The third-order valence-corrected chi connectivity index (χ3v) is 9.49. The summed E-state index contributed by atoms with van der Waals surface area (Å²) in [6.07, 6.45) is 6.30. The van der Waals surface area contributed by atoms with Gasteiger partial charge in [0.25, 0.3) is 0 Å². The first kappa shape index (κ1) is 43.8. The maximum atomic E-state index is 11.8. The maximum absolute atomic E-state index is 11.8. The number of benzene rings is 3. The second kappa shape index (κ2) is 16.1. The molecule has 6 heteroatoms. The van der Waals surface area contributed by atoms with E-state index in [9.17, 15) is 13.2 Å². The van der Waals surface area contributed by atoms with Gasteiger partial charge in [-0.25, -0.2) is 5.57 Å². The van der Waals surface area contributed by atoms with Gasteiger partial charge in [-0.15, -0.1) is 39.7 Å². The quantitative estimate of drug-likeness (QED) is 0.170. The van der Waals surface area contributed by atoms with E-state index in [2.05, 4.69) is 141 Å². The molecule has 4 aromatic carbocycles. The molecule has 7 rings (SSSR count). The number of fused-ring (bicyclic) bond motifs is 5. The van der Waals surface area contributed by atoms with Gasteiger partial charge < -0.3 is 24.8 Å². The van der Waals surface area contributed by atoms with E-state index in [4.69, 9.17) is 0 Å². The van der Waals surface area contributed by atoms with Gasteiger partial charge in [0.15, 0.2) is 0 Å². The molecule has 0 bridgehead atoms. The zero-order valence-corrected chi connectivity index (χ0v) is 35.1. The molecule has 0 saturated carbocycles. The Kier molecular flexibility index (Phi) is 14.1. The van der Waals surface area contributed by atoms with Crippen LogP contribution >= 0.6 is 0 Å². The molecule has 4 aromatic rings. The van der Waals surface area contributed by atoms with Gasteiger partial charge in [0, 0.05) is 10.8 Å². The van der Waals surface area contributed by atoms with Gasteiger partial charge in [-0.05, 0) is 36.1 Å². The molecule has 0 aromatic heterocycles. The number of hydrogen-bond donors (Lipinski definition) is 0. The van der Waals surface area contributed by atoms with Crippen molar-refractivity contribution in [1.82, 2.24) is 0 Å². The predicted octanol–water partition coefficient (Wildman–Crippen LogP) is 6.94. The summed E-state index contributed by atoms with van der Waals surface area (Å²) in [6.45, 7) is 24.9. The first-order chi connectivity index (χ1) is 22.2. The van der Waals surface area contributed by atoms with Crippen LogP contribution in [-0.4, -0.2) is 4.21 Å². The number of hydrogen-bond acceptors (Lipinski definition) is 0. The van der Waals surface area contributed by atoms with E-state index in [1.807, 2.05) is 0 Å². The standard InChI is InChI=1S/C25H25.C11H17.C7H4F3.CH2.2ClH.Zr/c1-14-12-24(3,4)22-8-16-7-17-9-23-19(15(2)13-25(23,5)6)11-21(17)20(16)10-18(14)22;1-8-6-9(2)10(7-8)11(3,4)5;8-7(9,10)6-4-2-1-3-5-6;;;;/h7-13H,1-6H3;7-8H,1-5H3;2-5H;1H2;2*1H;/q3*-1;;;;+2/p-2. The normalized spacial score (nSPS) is 17.9. The summed E-state index contributed by atoms with van der Waals surface area (Å²) < 4.78 is 38.7. The molecule has 0 fully saturated rings. The van der Waals surface area contributed by atoms with Crippen LogP contribution in [0.2, 0.25) is 0 Å². The number of allylic oxidation sites excluding steroid dienone is 8. The minimum absolute atomic E-state index is 0. The van der Waals surface area contributed by atoms with Gasteiger partial charge in [-0.1, -0.05) is 115 Å². The third kappa shape index (κ3) is 9.15. The molecule has 0 amide bonds. The van der Waals surface area contributed by atoms with Crippen molar-refractivity contribution in [2.45, 2.75) is 93.2 Å². The second-order valence-corrected chi connectivity index (χ2v) is 15.4. The van der Waals surface area contributed by atoms with Crippen molar-refractivity contribution >= 4 is 36.9 Å². The van der Waals surface area contributed by atoms with Crippen molar-refractivity contribution in [3.63, 3.8) is 0 Å². The van der Waals surface area contributed by atoms with Crippen LogP contribution in [0.1, 0.15) is 104 Å². The van der Waals surface area contributed by atoms with Crippen molar-refractivity contribution in [2.75, 3.05) is 0 Å². The summed E-state index contributed by atoms with van der Waals surface area (Å²) in [7, 11) is 0. The zero-order chi connectivity index (χ0) is 36.0. The molecule has 1 unspecified atom stereocenters. The Morgan fingerprint density at radius 3 is 1.48 bits per heavy atom. The average Bonchev–Trinajstić information content (AvgIpc) is 3.67. The van der Waals surface area contributed by atoms with E-state index in [0.717, 1.165) is 12.1 Å². The van der Waals surface area contributed by atoms with Crippen LogP contribution in [0.25, 0.3) is 32.7 Å². The van der Waals surface area contributed by atoms with Gasteiger partial charge in [0.1, 0.15) is 0 Å². The van der Waals surface area contributed by atoms with Crippen LogP contribution in [0.3, 0.4) is 0 Å². The third-order valence-electron chi connectivity index (χ3n) is 9.49. The zero-order valence-electron chi connectivity index (χ0n) is 31.1. The summed E-state index contributed by atoms with van der Waals surface area (Å²) in [5.74, 6) is 0.518. The summed E-state index contributed by atoms with van der Waals surface area (Å²) >= 11 is 1.30. The molecule has 3 aliphatic carbocycles. The molecular formula is C44H48Cl2F3Zr-3. The smallest absolute Gasteiger partial charge is 1.00 e. The summed E-state index contributed by atoms with van der Waals surface area (Å²) in [5, 5.41) is 5.57. The van der Waals surface area contributed by atoms with Crippen LogP contribution < -0.4 is 24.8 Å². The first-order valence-electron chi connectivity index (χ1n) is 16.5. The maximum Gasteiger partial charge on any atom is -1.00 e. The molecule has 266 valence electrons. The van der Waals surface area contributed by atoms with Crippen LogP contribution in [-0.2, 0) is 41.2 Å². The van der Waals surface area contributed by atoms with Crippen LogP contribution in [0.5, 0.6) is 0 Å². The van der Waals surface area contributed by atoms with Gasteiger partial charge in [-0.3, -0.25) is 6.08 Å². The molecule has 0 radical (unpaired) electrons. The molecule has 50 heavy (non-hydrogen) atoms. The van der Waals surface area contributed by atoms with E-state index >= 15 is 0 Å². The van der Waals surface area contributed by atoms with Crippen molar-refractivity contribution < 1.29 is 62.2 Å². The van der Waals surface area contributed by atoms with Crippen molar-refractivity contribution in [2.24, 2.45) is 11.3 Å². The van der Waals surface area contributed by atoms with E-state index in [-0.39, 0.29) is 35.6 Å². The van der Waals surface area contributed by atoms with Gasteiger partial charge in [0.05, 0.1) is 0 Å². The van der Waals surface area contributed by atoms with Crippen LogP contribution in [0.4, 0.5) is 13.2 Å². The fourth-order valence-corrected chi connectivity index (χ4v) is 7.44. The van der Waals surface area contributed by atoms with Gasteiger partial charge >= 0.3 is 34.6 Å². The average molecular weight is 796 g/mol. The van der Waals surface area contributed by atoms with Gasteiger partial charge in [0.2, 0.25) is 0 Å². The Morgan fingerprint density at radius 2 is 1.18 bits per heavy atom. The number of rotatable bonds is 0.